The van der Waals surface area contributed by atoms with Crippen molar-refractivity contribution in [3.63, 3.8) is 0 Å². The molecule has 2 aliphatic heterocycles. The van der Waals surface area contributed by atoms with Crippen LogP contribution in [0.1, 0.15) is 6.42 Å². The van der Waals surface area contributed by atoms with E-state index in [0.29, 0.717) is 0 Å². The molecule has 0 amide bonds. The van der Waals surface area contributed by atoms with Gasteiger partial charge in [-0.05, 0) is 6.08 Å². The number of rotatable bonds is 1. The summed E-state index contributed by atoms with van der Waals surface area (Å²) in [5.74, 6) is -1.37. The minimum Gasteiger partial charge on any atom is -0.467 e. The fourth-order valence-electron chi connectivity index (χ4n) is 1.90. The van der Waals surface area contributed by atoms with Crippen molar-refractivity contribution in [3.05, 3.63) is 12.3 Å². The SMILES string of the molecule is OC[C@H]1O[C@@]2(CC=CO2)[C@H](O)[C@@H](O)[C@@H]1O. The first-order chi connectivity index (χ1) is 7.10. The molecular formula is C9H14O6. The summed E-state index contributed by atoms with van der Waals surface area (Å²) in [5.41, 5.74) is 0. The minimum absolute atomic E-state index is 0.272. The third-order valence-corrected chi connectivity index (χ3v) is 2.80. The maximum atomic E-state index is 9.73. The molecule has 2 aliphatic rings. The smallest absolute Gasteiger partial charge is 0.242 e. The number of ether oxygens (including phenoxy) is 2. The van der Waals surface area contributed by atoms with E-state index in [4.69, 9.17) is 14.6 Å². The quantitative estimate of drug-likeness (QED) is 0.410. The molecule has 6 nitrogen and oxygen atoms in total. The Balaban J connectivity index is 2.19. The van der Waals surface area contributed by atoms with Gasteiger partial charge >= 0.3 is 0 Å². The fourth-order valence-corrected chi connectivity index (χ4v) is 1.90. The lowest BCUT2D eigenvalue weighted by Crippen LogP contribution is -2.64. The Bertz CT molecular complexity index is 255. The van der Waals surface area contributed by atoms with E-state index in [1.165, 1.54) is 6.26 Å². The molecule has 1 saturated heterocycles. The van der Waals surface area contributed by atoms with Gasteiger partial charge in [-0.3, -0.25) is 0 Å². The average Bonchev–Trinajstić information content (AvgIpc) is 2.70. The zero-order chi connectivity index (χ0) is 11.1. The summed E-state index contributed by atoms with van der Waals surface area (Å²) in [6, 6.07) is 0. The van der Waals surface area contributed by atoms with Crippen LogP contribution in [0.4, 0.5) is 0 Å². The monoisotopic (exact) mass is 218 g/mol. The molecule has 6 heteroatoms. The van der Waals surface area contributed by atoms with Crippen molar-refractivity contribution in [1.29, 1.82) is 0 Å². The van der Waals surface area contributed by atoms with Crippen LogP contribution < -0.4 is 0 Å². The van der Waals surface area contributed by atoms with Crippen LogP contribution >= 0.6 is 0 Å². The first-order valence-electron chi connectivity index (χ1n) is 4.76. The Morgan fingerprint density at radius 1 is 1.27 bits per heavy atom. The van der Waals surface area contributed by atoms with Crippen molar-refractivity contribution in [1.82, 2.24) is 0 Å². The molecule has 0 bridgehead atoms. The fraction of sp³-hybridized carbons (Fsp3) is 0.778. The molecule has 2 heterocycles. The van der Waals surface area contributed by atoms with Crippen molar-refractivity contribution in [2.45, 2.75) is 36.6 Å². The number of hydrogen-bond acceptors (Lipinski definition) is 6. The highest BCUT2D eigenvalue weighted by molar-refractivity contribution is 5.04. The highest BCUT2D eigenvalue weighted by atomic mass is 16.7. The normalized spacial score (nSPS) is 49.6. The van der Waals surface area contributed by atoms with Crippen LogP contribution in [0.15, 0.2) is 12.3 Å². The number of hydrogen-bond donors (Lipinski definition) is 4. The maximum Gasteiger partial charge on any atom is 0.242 e. The van der Waals surface area contributed by atoms with E-state index in [2.05, 4.69) is 0 Å². The Kier molecular flexibility index (Phi) is 2.70. The van der Waals surface area contributed by atoms with E-state index < -0.39 is 36.8 Å². The van der Waals surface area contributed by atoms with Gasteiger partial charge in [0.2, 0.25) is 5.79 Å². The molecule has 1 fully saturated rings. The third kappa shape index (κ3) is 1.54. The van der Waals surface area contributed by atoms with Gasteiger partial charge in [0.1, 0.15) is 24.4 Å². The van der Waals surface area contributed by atoms with E-state index in [0.717, 1.165) is 0 Å². The van der Waals surface area contributed by atoms with Crippen molar-refractivity contribution in [2.24, 2.45) is 0 Å². The maximum absolute atomic E-state index is 9.73. The molecule has 0 unspecified atom stereocenters. The predicted octanol–water partition coefficient (Wildman–Crippen LogP) is -1.91. The molecule has 5 atom stereocenters. The van der Waals surface area contributed by atoms with Crippen LogP contribution in [0.25, 0.3) is 0 Å². The largest absolute Gasteiger partial charge is 0.467 e. The van der Waals surface area contributed by atoms with Crippen LogP contribution in [0, 0.1) is 0 Å². The van der Waals surface area contributed by atoms with Gasteiger partial charge in [0.25, 0.3) is 0 Å². The van der Waals surface area contributed by atoms with Gasteiger partial charge in [-0.2, -0.15) is 0 Å². The summed E-state index contributed by atoms with van der Waals surface area (Å²) >= 11 is 0. The number of aliphatic hydroxyl groups excluding tert-OH is 4. The lowest BCUT2D eigenvalue weighted by molar-refractivity contribution is -0.342. The molecule has 0 radical (unpaired) electrons. The van der Waals surface area contributed by atoms with Crippen molar-refractivity contribution in [2.75, 3.05) is 6.61 Å². The van der Waals surface area contributed by atoms with Gasteiger partial charge in [-0.15, -0.1) is 0 Å². The highest BCUT2D eigenvalue weighted by Gasteiger charge is 2.55. The first-order valence-corrected chi connectivity index (χ1v) is 4.76. The van der Waals surface area contributed by atoms with Gasteiger partial charge in [0, 0.05) is 6.42 Å². The predicted molar refractivity (Wildman–Crippen MR) is 47.6 cm³/mol. The van der Waals surface area contributed by atoms with Crippen molar-refractivity contribution >= 4 is 0 Å². The standard InChI is InChI=1S/C9H14O6/c10-4-5-6(11)7(12)8(13)9(15-5)2-1-3-14-9/h1,3,5-8,10-13H,2,4H2/t5-,6-,7+,8-,9+/m1/s1. The van der Waals surface area contributed by atoms with Crippen molar-refractivity contribution < 1.29 is 29.9 Å². The summed E-state index contributed by atoms with van der Waals surface area (Å²) in [6.45, 7) is -0.448. The molecule has 0 saturated carbocycles. The molecule has 2 rings (SSSR count). The van der Waals surface area contributed by atoms with Crippen LogP contribution in [-0.2, 0) is 9.47 Å². The molecule has 0 aliphatic carbocycles. The van der Waals surface area contributed by atoms with Gasteiger partial charge in [0.15, 0.2) is 0 Å². The zero-order valence-corrected chi connectivity index (χ0v) is 7.98. The molecule has 0 aromatic carbocycles. The summed E-state index contributed by atoms with van der Waals surface area (Å²) < 4.78 is 10.4. The molecule has 15 heavy (non-hydrogen) atoms. The summed E-state index contributed by atoms with van der Waals surface area (Å²) in [7, 11) is 0. The summed E-state index contributed by atoms with van der Waals surface area (Å²) in [4.78, 5) is 0. The molecule has 0 aromatic heterocycles. The number of aliphatic hydroxyl groups is 4. The van der Waals surface area contributed by atoms with Crippen LogP contribution in [0.2, 0.25) is 0 Å². The molecular weight excluding hydrogens is 204 g/mol. The Morgan fingerprint density at radius 2 is 2.00 bits per heavy atom. The van der Waals surface area contributed by atoms with Gasteiger partial charge < -0.3 is 29.9 Å². The lowest BCUT2D eigenvalue weighted by Gasteiger charge is -2.45. The van der Waals surface area contributed by atoms with E-state index in [9.17, 15) is 15.3 Å². The molecule has 0 aromatic rings. The zero-order valence-electron chi connectivity index (χ0n) is 7.98. The second-order valence-corrected chi connectivity index (χ2v) is 3.77. The van der Waals surface area contributed by atoms with Gasteiger partial charge in [-0.1, -0.05) is 0 Å². The Labute approximate surface area is 86.4 Å². The van der Waals surface area contributed by atoms with E-state index in [1.807, 2.05) is 0 Å². The second-order valence-electron chi connectivity index (χ2n) is 3.77. The van der Waals surface area contributed by atoms with E-state index in [1.54, 1.807) is 6.08 Å². The first kappa shape index (κ1) is 10.8. The Hall–Kier alpha value is -0.660. The van der Waals surface area contributed by atoms with Crippen LogP contribution in [0.3, 0.4) is 0 Å². The molecule has 4 N–H and O–H groups in total. The average molecular weight is 218 g/mol. The Morgan fingerprint density at radius 3 is 2.53 bits per heavy atom. The topological polar surface area (TPSA) is 99.4 Å². The van der Waals surface area contributed by atoms with E-state index in [-0.39, 0.29) is 6.42 Å². The second kappa shape index (κ2) is 3.73. The third-order valence-electron chi connectivity index (χ3n) is 2.80. The molecule has 86 valence electrons. The minimum atomic E-state index is -1.39. The van der Waals surface area contributed by atoms with Gasteiger partial charge in [0.05, 0.1) is 12.9 Å². The van der Waals surface area contributed by atoms with Crippen molar-refractivity contribution in [3.8, 4) is 0 Å². The van der Waals surface area contributed by atoms with Crippen LogP contribution in [-0.4, -0.2) is 57.2 Å². The molecule has 1 spiro atoms. The highest BCUT2D eigenvalue weighted by Crippen LogP contribution is 2.37. The van der Waals surface area contributed by atoms with Crippen LogP contribution in [0.5, 0.6) is 0 Å². The van der Waals surface area contributed by atoms with E-state index >= 15 is 0 Å². The van der Waals surface area contributed by atoms with Gasteiger partial charge in [-0.25, -0.2) is 0 Å². The summed E-state index contributed by atoms with van der Waals surface area (Å²) in [6.07, 6.45) is -1.73. The summed E-state index contributed by atoms with van der Waals surface area (Å²) in [5, 5.41) is 37.7. The lowest BCUT2D eigenvalue weighted by atomic mass is 9.91.